The van der Waals surface area contributed by atoms with Crippen molar-refractivity contribution in [3.63, 3.8) is 0 Å². The molecular formula is C18H14FNO4. The van der Waals surface area contributed by atoms with Crippen LogP contribution in [0.5, 0.6) is 5.75 Å². The molecule has 122 valence electrons. The van der Waals surface area contributed by atoms with Gasteiger partial charge in [-0.25, -0.2) is 9.18 Å². The van der Waals surface area contributed by atoms with Crippen LogP contribution in [0.15, 0.2) is 48.5 Å². The Morgan fingerprint density at radius 2 is 1.83 bits per heavy atom. The zero-order valence-electron chi connectivity index (χ0n) is 12.9. The number of ether oxygens (including phenoxy) is 2. The maximum atomic E-state index is 13.5. The monoisotopic (exact) mass is 327 g/mol. The first-order chi connectivity index (χ1) is 11.5. The Kier molecular flexibility index (Phi) is 5.63. The average Bonchev–Trinajstić information content (AvgIpc) is 2.60. The van der Waals surface area contributed by atoms with E-state index in [1.54, 1.807) is 24.3 Å². The molecule has 6 heteroatoms. The molecule has 0 N–H and O–H groups in total. The summed E-state index contributed by atoms with van der Waals surface area (Å²) in [5.74, 6) is -1.66. The van der Waals surface area contributed by atoms with Gasteiger partial charge < -0.3 is 9.47 Å². The molecule has 2 aromatic carbocycles. The van der Waals surface area contributed by atoms with E-state index in [0.717, 1.165) is 6.07 Å². The fourth-order valence-corrected chi connectivity index (χ4v) is 1.88. The van der Waals surface area contributed by atoms with Crippen molar-refractivity contribution in [3.8, 4) is 11.8 Å². The highest BCUT2D eigenvalue weighted by molar-refractivity contribution is 5.98. The van der Waals surface area contributed by atoms with Crippen molar-refractivity contribution in [2.24, 2.45) is 0 Å². The predicted octanol–water partition coefficient (Wildman–Crippen LogP) is 2.89. The zero-order chi connectivity index (χ0) is 17.5. The van der Waals surface area contributed by atoms with E-state index in [-0.39, 0.29) is 5.56 Å². The Balaban J connectivity index is 1.88. The second-order valence-electron chi connectivity index (χ2n) is 4.91. The normalized spacial score (nSPS) is 11.2. The highest BCUT2D eigenvalue weighted by Gasteiger charge is 2.19. The van der Waals surface area contributed by atoms with Crippen LogP contribution in [0.4, 0.5) is 4.39 Å². The van der Waals surface area contributed by atoms with E-state index in [4.69, 9.17) is 14.7 Å². The van der Waals surface area contributed by atoms with E-state index in [2.05, 4.69) is 0 Å². The van der Waals surface area contributed by atoms with Crippen molar-refractivity contribution in [3.05, 3.63) is 65.5 Å². The lowest BCUT2D eigenvalue weighted by atomic mass is 10.1. The van der Waals surface area contributed by atoms with Crippen LogP contribution in [0.1, 0.15) is 22.8 Å². The Labute approximate surface area is 138 Å². The average molecular weight is 327 g/mol. The highest BCUT2D eigenvalue weighted by Crippen LogP contribution is 2.14. The van der Waals surface area contributed by atoms with Crippen molar-refractivity contribution in [1.82, 2.24) is 0 Å². The molecule has 5 nitrogen and oxygen atoms in total. The molecule has 0 aliphatic heterocycles. The van der Waals surface area contributed by atoms with Gasteiger partial charge in [0.05, 0.1) is 17.2 Å². The summed E-state index contributed by atoms with van der Waals surface area (Å²) >= 11 is 0. The van der Waals surface area contributed by atoms with E-state index in [1.165, 1.54) is 25.1 Å². The molecule has 0 aromatic heterocycles. The van der Waals surface area contributed by atoms with Gasteiger partial charge in [0.15, 0.2) is 12.7 Å². The molecule has 2 rings (SSSR count). The number of carbonyl (C=O) groups is 2. The number of rotatable bonds is 6. The van der Waals surface area contributed by atoms with Crippen LogP contribution in [0.3, 0.4) is 0 Å². The summed E-state index contributed by atoms with van der Waals surface area (Å²) in [5, 5.41) is 8.71. The zero-order valence-corrected chi connectivity index (χ0v) is 12.9. The highest BCUT2D eigenvalue weighted by atomic mass is 19.1. The quantitative estimate of drug-likeness (QED) is 0.602. The van der Waals surface area contributed by atoms with Gasteiger partial charge in [-0.05, 0) is 43.3 Å². The van der Waals surface area contributed by atoms with E-state index in [0.29, 0.717) is 11.3 Å². The lowest BCUT2D eigenvalue weighted by molar-refractivity contribution is -0.149. The van der Waals surface area contributed by atoms with E-state index >= 15 is 0 Å². The summed E-state index contributed by atoms with van der Waals surface area (Å²) in [7, 11) is 0. The molecule has 0 amide bonds. The van der Waals surface area contributed by atoms with Crippen molar-refractivity contribution < 1.29 is 23.5 Å². The van der Waals surface area contributed by atoms with Crippen LogP contribution in [0, 0.1) is 17.1 Å². The SMILES string of the molecule is C[C@H](Oc1ccc(C#N)cc1)C(=O)OCC(=O)c1ccccc1F. The smallest absolute Gasteiger partial charge is 0.347 e. The van der Waals surface area contributed by atoms with Gasteiger partial charge in [0, 0.05) is 0 Å². The maximum absolute atomic E-state index is 13.5. The van der Waals surface area contributed by atoms with Gasteiger partial charge >= 0.3 is 5.97 Å². The molecule has 2 aromatic rings. The third-order valence-corrected chi connectivity index (χ3v) is 3.15. The second-order valence-corrected chi connectivity index (χ2v) is 4.91. The number of carbonyl (C=O) groups excluding carboxylic acids is 2. The molecule has 0 saturated heterocycles. The van der Waals surface area contributed by atoms with E-state index in [9.17, 15) is 14.0 Å². The van der Waals surface area contributed by atoms with Crippen LogP contribution in [-0.4, -0.2) is 24.5 Å². The number of benzene rings is 2. The minimum atomic E-state index is -0.952. The summed E-state index contributed by atoms with van der Waals surface area (Å²) < 4.78 is 23.7. The lowest BCUT2D eigenvalue weighted by Gasteiger charge is -2.13. The minimum Gasteiger partial charge on any atom is -0.479 e. The maximum Gasteiger partial charge on any atom is 0.347 e. The summed E-state index contributed by atoms with van der Waals surface area (Å²) in [5.41, 5.74) is 0.332. The fraction of sp³-hybridized carbons (Fsp3) is 0.167. The van der Waals surface area contributed by atoms with Crippen LogP contribution < -0.4 is 4.74 Å². The summed E-state index contributed by atoms with van der Waals surface area (Å²) in [6.07, 6.45) is -0.952. The molecule has 24 heavy (non-hydrogen) atoms. The van der Waals surface area contributed by atoms with Crippen molar-refractivity contribution in [2.45, 2.75) is 13.0 Å². The van der Waals surface area contributed by atoms with E-state index in [1.807, 2.05) is 6.07 Å². The van der Waals surface area contributed by atoms with Crippen LogP contribution in [-0.2, 0) is 9.53 Å². The second kappa shape index (κ2) is 7.88. The standard InChI is InChI=1S/C18H14FNO4/c1-12(24-14-8-6-13(10-20)7-9-14)18(22)23-11-17(21)15-4-2-3-5-16(15)19/h2-9,12H,11H2,1H3/t12-/m0/s1. The number of esters is 1. The molecule has 0 radical (unpaired) electrons. The van der Waals surface area contributed by atoms with Gasteiger partial charge in [-0.3, -0.25) is 4.79 Å². The first-order valence-electron chi connectivity index (χ1n) is 7.12. The number of nitriles is 1. The fourth-order valence-electron chi connectivity index (χ4n) is 1.88. The first kappa shape index (κ1) is 17.2. The summed E-state index contributed by atoms with van der Waals surface area (Å²) in [4.78, 5) is 23.7. The molecule has 0 aliphatic rings. The number of hydrogen-bond acceptors (Lipinski definition) is 5. The van der Waals surface area contributed by atoms with Gasteiger partial charge in [-0.2, -0.15) is 5.26 Å². The molecule has 0 heterocycles. The Morgan fingerprint density at radius 3 is 2.46 bits per heavy atom. The summed E-state index contributed by atoms with van der Waals surface area (Å²) in [6.45, 7) is 0.898. The van der Waals surface area contributed by atoms with Crippen molar-refractivity contribution >= 4 is 11.8 Å². The van der Waals surface area contributed by atoms with Crippen LogP contribution in [0.25, 0.3) is 0 Å². The van der Waals surface area contributed by atoms with Crippen LogP contribution in [0.2, 0.25) is 0 Å². The molecule has 0 aliphatic carbocycles. The minimum absolute atomic E-state index is 0.133. The molecule has 0 saturated carbocycles. The Bertz CT molecular complexity index is 780. The molecular weight excluding hydrogens is 313 g/mol. The number of halogens is 1. The van der Waals surface area contributed by atoms with Crippen molar-refractivity contribution in [2.75, 3.05) is 6.61 Å². The van der Waals surface area contributed by atoms with Gasteiger partial charge in [0.2, 0.25) is 5.78 Å². The molecule has 0 spiro atoms. The molecule has 1 atom stereocenters. The third kappa shape index (κ3) is 4.40. The van der Waals surface area contributed by atoms with Crippen LogP contribution >= 0.6 is 0 Å². The van der Waals surface area contributed by atoms with Crippen molar-refractivity contribution in [1.29, 1.82) is 5.26 Å². The predicted molar refractivity (Wildman–Crippen MR) is 82.9 cm³/mol. The molecule has 0 unspecified atom stereocenters. The Hall–Kier alpha value is -3.20. The van der Waals surface area contributed by atoms with Gasteiger partial charge in [0.25, 0.3) is 0 Å². The summed E-state index contributed by atoms with van der Waals surface area (Å²) in [6, 6.07) is 13.6. The third-order valence-electron chi connectivity index (χ3n) is 3.15. The number of Topliss-reactive ketones (excluding diaryl/α,β-unsaturated/α-hetero) is 1. The number of hydrogen-bond donors (Lipinski definition) is 0. The number of nitrogens with zero attached hydrogens (tertiary/aromatic N) is 1. The van der Waals surface area contributed by atoms with Gasteiger partial charge in [-0.1, -0.05) is 12.1 Å². The number of ketones is 1. The largest absolute Gasteiger partial charge is 0.479 e. The van der Waals surface area contributed by atoms with E-state index < -0.39 is 30.3 Å². The Morgan fingerprint density at radius 1 is 1.17 bits per heavy atom. The topological polar surface area (TPSA) is 76.4 Å². The molecule has 0 fully saturated rings. The van der Waals surface area contributed by atoms with Gasteiger partial charge in [-0.15, -0.1) is 0 Å². The molecule has 0 bridgehead atoms. The van der Waals surface area contributed by atoms with Gasteiger partial charge in [0.1, 0.15) is 11.6 Å². The lowest BCUT2D eigenvalue weighted by Crippen LogP contribution is -2.28. The first-order valence-corrected chi connectivity index (χ1v) is 7.12.